The van der Waals surface area contributed by atoms with Crippen molar-refractivity contribution in [2.75, 3.05) is 5.32 Å². The van der Waals surface area contributed by atoms with Crippen molar-refractivity contribution >= 4 is 35.0 Å². The topological polar surface area (TPSA) is 80.9 Å². The summed E-state index contributed by atoms with van der Waals surface area (Å²) in [5, 5.41) is 13.5. The van der Waals surface area contributed by atoms with E-state index in [0.717, 1.165) is 5.69 Å². The summed E-state index contributed by atoms with van der Waals surface area (Å²) in [6, 6.07) is 2.97. The molecule has 2 aromatic heterocycles. The van der Waals surface area contributed by atoms with E-state index in [1.54, 1.807) is 6.07 Å². The molecule has 0 aliphatic heterocycles. The zero-order chi connectivity index (χ0) is 14.0. The summed E-state index contributed by atoms with van der Waals surface area (Å²) in [5.41, 5.74) is 0.858. The van der Waals surface area contributed by atoms with Gasteiger partial charge in [-0.25, -0.2) is 0 Å². The molecule has 1 N–H and O–H groups in total. The van der Waals surface area contributed by atoms with Gasteiger partial charge >= 0.3 is 0 Å². The molecule has 0 unspecified atom stereocenters. The molecular weight excluding hydrogens is 291 g/mol. The molecule has 0 bridgehead atoms. The highest BCUT2D eigenvalue weighted by atomic mass is 35.5. The van der Waals surface area contributed by atoms with Crippen LogP contribution in [0.3, 0.4) is 0 Å². The molecule has 8 heteroatoms. The summed E-state index contributed by atoms with van der Waals surface area (Å²) >= 11 is 11.4. The van der Waals surface area contributed by atoms with Crippen molar-refractivity contribution in [1.29, 1.82) is 0 Å². The number of aromatic nitrogens is 3. The van der Waals surface area contributed by atoms with Crippen LogP contribution in [-0.4, -0.2) is 21.3 Å². The highest BCUT2D eigenvalue weighted by molar-refractivity contribution is 6.34. The van der Waals surface area contributed by atoms with Crippen LogP contribution < -0.4 is 5.32 Å². The maximum atomic E-state index is 12.0. The molecule has 0 spiro atoms. The minimum absolute atomic E-state index is 0.0366. The van der Waals surface area contributed by atoms with E-state index < -0.39 is 5.91 Å². The first-order valence-electron chi connectivity index (χ1n) is 5.44. The lowest BCUT2D eigenvalue weighted by molar-refractivity contribution is 0.102. The molecule has 0 aromatic carbocycles. The van der Waals surface area contributed by atoms with Gasteiger partial charge in [0.15, 0.2) is 10.3 Å². The normalized spacial score (nSPS) is 10.8. The van der Waals surface area contributed by atoms with E-state index in [-0.39, 0.29) is 27.7 Å². The summed E-state index contributed by atoms with van der Waals surface area (Å²) in [5.74, 6) is -0.0546. The molecular formula is C11H10Cl2N4O2. The van der Waals surface area contributed by atoms with Crippen molar-refractivity contribution in [3.63, 3.8) is 0 Å². The highest BCUT2D eigenvalue weighted by Crippen LogP contribution is 2.20. The Morgan fingerprint density at radius 2 is 2.05 bits per heavy atom. The fraction of sp³-hybridized carbons (Fsp3) is 0.273. The van der Waals surface area contributed by atoms with Crippen LogP contribution in [0.5, 0.6) is 0 Å². The van der Waals surface area contributed by atoms with E-state index in [4.69, 9.17) is 27.7 Å². The Labute approximate surface area is 119 Å². The standard InChI is InChI=1S/C11H10Cl2N4O2/c1-5(2)7-4-9(19-17-7)14-11(18)6-3-8(12)15-16-10(6)13/h3-5H,1-2H3,(H,14,18). The summed E-state index contributed by atoms with van der Waals surface area (Å²) in [7, 11) is 0. The maximum Gasteiger partial charge on any atom is 0.261 e. The van der Waals surface area contributed by atoms with Gasteiger partial charge in [-0.2, -0.15) is 0 Å². The summed E-state index contributed by atoms with van der Waals surface area (Å²) in [4.78, 5) is 12.0. The Hall–Kier alpha value is -1.66. The molecule has 1 amide bonds. The highest BCUT2D eigenvalue weighted by Gasteiger charge is 2.16. The number of rotatable bonds is 3. The lowest BCUT2D eigenvalue weighted by Gasteiger charge is -2.02. The van der Waals surface area contributed by atoms with Crippen LogP contribution in [-0.2, 0) is 0 Å². The number of carbonyl (C=O) groups excluding carboxylic acids is 1. The van der Waals surface area contributed by atoms with Gasteiger partial charge in [0.25, 0.3) is 5.91 Å². The van der Waals surface area contributed by atoms with E-state index in [1.165, 1.54) is 6.07 Å². The number of anilines is 1. The first kappa shape index (κ1) is 13.8. The molecule has 0 radical (unpaired) electrons. The van der Waals surface area contributed by atoms with E-state index in [0.29, 0.717) is 0 Å². The van der Waals surface area contributed by atoms with Crippen LogP contribution in [0, 0.1) is 0 Å². The van der Waals surface area contributed by atoms with Crippen molar-refractivity contribution in [2.24, 2.45) is 0 Å². The third kappa shape index (κ3) is 3.21. The zero-order valence-electron chi connectivity index (χ0n) is 10.1. The average molecular weight is 301 g/mol. The molecule has 6 nitrogen and oxygen atoms in total. The Bertz CT molecular complexity index is 612. The van der Waals surface area contributed by atoms with Gasteiger partial charge in [0.05, 0.1) is 11.3 Å². The van der Waals surface area contributed by atoms with Gasteiger partial charge in [-0.1, -0.05) is 42.2 Å². The summed E-state index contributed by atoms with van der Waals surface area (Å²) in [6.45, 7) is 3.93. The smallest absolute Gasteiger partial charge is 0.261 e. The Morgan fingerprint density at radius 1 is 1.32 bits per heavy atom. The Morgan fingerprint density at radius 3 is 2.68 bits per heavy atom. The predicted molar refractivity (Wildman–Crippen MR) is 70.6 cm³/mol. The molecule has 2 rings (SSSR count). The van der Waals surface area contributed by atoms with Crippen molar-refractivity contribution in [2.45, 2.75) is 19.8 Å². The molecule has 0 aliphatic rings. The first-order chi connectivity index (χ1) is 8.97. The predicted octanol–water partition coefficient (Wildman–Crippen LogP) is 3.15. The van der Waals surface area contributed by atoms with Crippen LogP contribution in [0.4, 0.5) is 5.88 Å². The number of hydrogen-bond acceptors (Lipinski definition) is 5. The molecule has 0 aliphatic carbocycles. The third-order valence-electron chi connectivity index (χ3n) is 2.32. The largest absolute Gasteiger partial charge is 0.338 e. The molecule has 0 saturated heterocycles. The van der Waals surface area contributed by atoms with E-state index >= 15 is 0 Å². The van der Waals surface area contributed by atoms with Gasteiger partial charge in [0.2, 0.25) is 5.88 Å². The summed E-state index contributed by atoms with van der Waals surface area (Å²) < 4.78 is 4.99. The zero-order valence-corrected chi connectivity index (χ0v) is 11.7. The van der Waals surface area contributed by atoms with Crippen molar-refractivity contribution < 1.29 is 9.32 Å². The van der Waals surface area contributed by atoms with Gasteiger partial charge in [-0.15, -0.1) is 10.2 Å². The second-order valence-electron chi connectivity index (χ2n) is 4.10. The second kappa shape index (κ2) is 5.54. The van der Waals surface area contributed by atoms with Gasteiger partial charge in [-0.3, -0.25) is 10.1 Å². The quantitative estimate of drug-likeness (QED) is 0.941. The van der Waals surface area contributed by atoms with Crippen LogP contribution in [0.25, 0.3) is 0 Å². The van der Waals surface area contributed by atoms with Crippen molar-refractivity contribution in [3.8, 4) is 0 Å². The summed E-state index contributed by atoms with van der Waals surface area (Å²) in [6.07, 6.45) is 0. The molecule has 0 atom stereocenters. The Balaban J connectivity index is 2.18. The van der Waals surface area contributed by atoms with Gasteiger partial charge < -0.3 is 4.52 Å². The molecule has 2 heterocycles. The maximum absolute atomic E-state index is 12.0. The SMILES string of the molecule is CC(C)c1cc(NC(=O)c2cc(Cl)nnc2Cl)on1. The Kier molecular flexibility index (Phi) is 4.01. The van der Waals surface area contributed by atoms with E-state index in [2.05, 4.69) is 20.7 Å². The first-order valence-corrected chi connectivity index (χ1v) is 6.19. The van der Waals surface area contributed by atoms with Crippen LogP contribution in [0.1, 0.15) is 35.8 Å². The number of carbonyl (C=O) groups is 1. The van der Waals surface area contributed by atoms with Crippen molar-refractivity contribution in [3.05, 3.63) is 33.7 Å². The van der Waals surface area contributed by atoms with Crippen LogP contribution in [0.15, 0.2) is 16.7 Å². The lowest BCUT2D eigenvalue weighted by Crippen LogP contribution is -2.13. The second-order valence-corrected chi connectivity index (χ2v) is 4.84. The number of halogens is 2. The van der Waals surface area contributed by atoms with E-state index in [9.17, 15) is 4.79 Å². The molecule has 100 valence electrons. The van der Waals surface area contributed by atoms with E-state index in [1.807, 2.05) is 13.8 Å². The number of nitrogens with one attached hydrogen (secondary N) is 1. The fourth-order valence-corrected chi connectivity index (χ4v) is 1.64. The number of hydrogen-bond donors (Lipinski definition) is 1. The minimum atomic E-state index is -0.492. The number of amides is 1. The van der Waals surface area contributed by atoms with Crippen molar-refractivity contribution in [1.82, 2.24) is 15.4 Å². The van der Waals surface area contributed by atoms with Crippen LogP contribution in [0.2, 0.25) is 10.3 Å². The average Bonchev–Trinajstić information content (AvgIpc) is 2.80. The third-order valence-corrected chi connectivity index (χ3v) is 2.78. The monoisotopic (exact) mass is 300 g/mol. The molecule has 2 aromatic rings. The fourth-order valence-electron chi connectivity index (χ4n) is 1.31. The van der Waals surface area contributed by atoms with Gasteiger partial charge in [0, 0.05) is 6.07 Å². The lowest BCUT2D eigenvalue weighted by atomic mass is 10.1. The minimum Gasteiger partial charge on any atom is -0.338 e. The number of nitrogens with zero attached hydrogens (tertiary/aromatic N) is 3. The van der Waals surface area contributed by atoms with Gasteiger partial charge in [0.1, 0.15) is 0 Å². The molecule has 19 heavy (non-hydrogen) atoms. The van der Waals surface area contributed by atoms with Gasteiger partial charge in [-0.05, 0) is 12.0 Å². The molecule has 0 saturated carbocycles. The van der Waals surface area contributed by atoms with Crippen LogP contribution >= 0.6 is 23.2 Å². The molecule has 0 fully saturated rings.